The number of carbonyl (C=O) groups excluding carboxylic acids is 8. The van der Waals surface area contributed by atoms with Gasteiger partial charge < -0.3 is 102 Å². The van der Waals surface area contributed by atoms with Crippen molar-refractivity contribution in [1.29, 1.82) is 0 Å². The van der Waals surface area contributed by atoms with E-state index in [4.69, 9.17) is 64.8 Å². The number of guanidine groups is 2. The third kappa shape index (κ3) is 21.5. The smallest absolute Gasteiger partial charge is 0.255 e. The Morgan fingerprint density at radius 3 is 1.01 bits per heavy atom. The lowest BCUT2D eigenvalue weighted by Gasteiger charge is -2.21. The summed E-state index contributed by atoms with van der Waals surface area (Å²) in [5.41, 5.74) is 45.5. The minimum absolute atomic E-state index is 0.0185. The maximum absolute atomic E-state index is 14.3. The van der Waals surface area contributed by atoms with E-state index in [0.717, 1.165) is 0 Å². The second kappa shape index (κ2) is 34.6. The average molecular weight is 1180 g/mol. The summed E-state index contributed by atoms with van der Waals surface area (Å²) in [4.78, 5) is 118. The number of anilines is 4. The minimum Gasteiger partial charge on any atom is -0.496 e. The van der Waals surface area contributed by atoms with E-state index in [1.54, 1.807) is 0 Å². The fraction of sp³-hybridized carbons (Fsp3) is 0.393. The number of benzene rings is 4. The van der Waals surface area contributed by atoms with Crippen molar-refractivity contribution in [3.63, 3.8) is 0 Å². The number of hydrogen-bond donors (Lipinski definition) is 15. The predicted octanol–water partition coefficient (Wildman–Crippen LogP) is 0.662. The molecule has 85 heavy (non-hydrogen) atoms. The van der Waals surface area contributed by atoms with Gasteiger partial charge in [-0.05, 0) is 144 Å². The first kappa shape index (κ1) is 67.8. The molecule has 0 aliphatic rings. The van der Waals surface area contributed by atoms with E-state index in [-0.39, 0.29) is 125 Å². The van der Waals surface area contributed by atoms with Gasteiger partial charge in [0, 0.05) is 35.8 Å². The molecule has 0 heterocycles. The summed E-state index contributed by atoms with van der Waals surface area (Å²) in [7, 11) is 5.35. The van der Waals surface area contributed by atoms with Crippen LogP contribution in [0.2, 0.25) is 0 Å². The first-order valence-corrected chi connectivity index (χ1v) is 27.1. The maximum Gasteiger partial charge on any atom is 0.255 e. The van der Waals surface area contributed by atoms with Crippen LogP contribution in [0.3, 0.4) is 0 Å². The summed E-state index contributed by atoms with van der Waals surface area (Å²) in [6.07, 6.45) is 3.30. The van der Waals surface area contributed by atoms with E-state index in [2.05, 4.69) is 47.2 Å². The number of methoxy groups -OCH3 is 4. The summed E-state index contributed by atoms with van der Waals surface area (Å²) in [6.45, 7) is 0.963. The quantitative estimate of drug-likeness (QED) is 0.0171. The number of rotatable bonds is 35. The molecule has 8 amide bonds. The van der Waals surface area contributed by atoms with Crippen molar-refractivity contribution >= 4 is 81.9 Å². The largest absolute Gasteiger partial charge is 0.496 e. The number of amides is 8. The number of nitrogens with one attached hydrogen (secondary N) is 7. The molecule has 0 saturated heterocycles. The van der Waals surface area contributed by atoms with Crippen LogP contribution < -0.4 is 102 Å². The fourth-order valence-electron chi connectivity index (χ4n) is 8.44. The Morgan fingerprint density at radius 2 is 0.706 bits per heavy atom. The zero-order valence-electron chi connectivity index (χ0n) is 48.0. The molecule has 0 spiro atoms. The Balaban J connectivity index is 1.60. The number of hydrogen-bond acceptors (Lipinski definition) is 17. The highest BCUT2D eigenvalue weighted by Crippen LogP contribution is 2.28. The normalized spacial score (nSPS) is 12.1. The Bertz CT molecular complexity index is 3040. The van der Waals surface area contributed by atoms with Crippen molar-refractivity contribution < 1.29 is 57.3 Å². The van der Waals surface area contributed by atoms with Crippen LogP contribution in [0.5, 0.6) is 23.0 Å². The first-order chi connectivity index (χ1) is 40.7. The van der Waals surface area contributed by atoms with E-state index in [1.807, 2.05) is 0 Å². The van der Waals surface area contributed by atoms with Crippen LogP contribution in [0.1, 0.15) is 106 Å². The molecule has 0 unspecified atom stereocenters. The van der Waals surface area contributed by atoms with Crippen LogP contribution in [0.4, 0.5) is 22.7 Å². The topological polar surface area (TPSA) is 491 Å². The van der Waals surface area contributed by atoms with Gasteiger partial charge in [-0.3, -0.25) is 48.3 Å². The van der Waals surface area contributed by atoms with E-state index < -0.39 is 71.4 Å². The van der Waals surface area contributed by atoms with Gasteiger partial charge in [0.25, 0.3) is 23.6 Å². The van der Waals surface area contributed by atoms with E-state index in [1.165, 1.54) is 101 Å². The molecule has 4 rings (SSSR count). The second-order valence-electron chi connectivity index (χ2n) is 19.1. The van der Waals surface area contributed by atoms with Gasteiger partial charge in [0.2, 0.25) is 23.6 Å². The molecule has 0 saturated carbocycles. The lowest BCUT2D eigenvalue weighted by Crippen LogP contribution is -2.44. The molecule has 23 N–H and O–H groups in total. The number of carbonyl (C=O) groups is 8. The average Bonchev–Trinajstić information content (AvgIpc) is 3.43. The molecule has 0 aliphatic carbocycles. The van der Waals surface area contributed by atoms with Crippen LogP contribution >= 0.6 is 0 Å². The molecule has 0 bridgehead atoms. The molecule has 0 aliphatic heterocycles. The zero-order valence-corrected chi connectivity index (χ0v) is 48.0. The van der Waals surface area contributed by atoms with Gasteiger partial charge >= 0.3 is 0 Å². The number of aliphatic imine (C=N–C) groups is 2. The van der Waals surface area contributed by atoms with Gasteiger partial charge in [-0.15, -0.1) is 0 Å². The molecule has 0 fully saturated rings. The molecule has 0 aromatic heterocycles. The molecule has 29 heteroatoms. The Morgan fingerprint density at radius 1 is 0.412 bits per heavy atom. The molecule has 4 aromatic rings. The molecule has 0 radical (unpaired) electrons. The van der Waals surface area contributed by atoms with Crippen molar-refractivity contribution in [2.24, 2.45) is 55.9 Å². The SMILES string of the molecule is COc1ccc(NC(=O)[C@@H](CCCCN)NC(=O)c2cc(NC(=O)[C@@H](CCCN=C(N)N)NC(=O)c3cc(NC(=O)[C@@H](CCCN=C(N)N)NC(=O)c4cc(NC(=O)[C@H](N)CCCCN)ccc4OC)ccc3OC)ccc2OC)cc1C(N)=O. The summed E-state index contributed by atoms with van der Waals surface area (Å²) in [5, 5.41) is 19.1. The van der Waals surface area contributed by atoms with Crippen molar-refractivity contribution in [2.75, 3.05) is 75.9 Å². The van der Waals surface area contributed by atoms with Crippen molar-refractivity contribution in [3.8, 4) is 23.0 Å². The van der Waals surface area contributed by atoms with Crippen LogP contribution in [0, 0.1) is 0 Å². The molecular weight excluding hydrogens is 1100 g/mol. The number of nitrogens with two attached hydrogens (primary N) is 8. The monoisotopic (exact) mass is 1180 g/mol. The highest BCUT2D eigenvalue weighted by atomic mass is 16.5. The van der Waals surface area contributed by atoms with Crippen LogP contribution in [-0.4, -0.2) is 138 Å². The third-order valence-electron chi connectivity index (χ3n) is 12.9. The van der Waals surface area contributed by atoms with Crippen LogP contribution in [0.25, 0.3) is 0 Å². The third-order valence-corrected chi connectivity index (χ3v) is 12.9. The van der Waals surface area contributed by atoms with Crippen molar-refractivity contribution in [3.05, 3.63) is 95.1 Å². The van der Waals surface area contributed by atoms with Gasteiger partial charge in [0.1, 0.15) is 41.1 Å². The molecule has 4 atom stereocenters. The van der Waals surface area contributed by atoms with Crippen LogP contribution in [-0.2, 0) is 19.2 Å². The predicted molar refractivity (Wildman–Crippen MR) is 322 cm³/mol. The molecule has 460 valence electrons. The van der Waals surface area contributed by atoms with Gasteiger partial charge in [-0.1, -0.05) is 6.42 Å². The fourth-order valence-corrected chi connectivity index (χ4v) is 8.44. The number of nitrogens with zero attached hydrogens (tertiary/aromatic N) is 2. The molecule has 4 aromatic carbocycles. The number of primary amides is 1. The maximum atomic E-state index is 14.3. The van der Waals surface area contributed by atoms with Gasteiger partial charge in [0.15, 0.2) is 11.9 Å². The summed E-state index contributed by atoms with van der Waals surface area (Å²) in [6, 6.07) is 12.6. The second-order valence-corrected chi connectivity index (χ2v) is 19.1. The first-order valence-electron chi connectivity index (χ1n) is 27.1. The van der Waals surface area contributed by atoms with Crippen LogP contribution in [0.15, 0.2) is 82.8 Å². The number of unbranched alkanes of at least 4 members (excludes halogenated alkanes) is 2. The highest BCUT2D eigenvalue weighted by molar-refractivity contribution is 6.07. The van der Waals surface area contributed by atoms with Gasteiger partial charge in [-0.2, -0.15) is 0 Å². The Hall–Kier alpha value is -9.74. The van der Waals surface area contributed by atoms with Gasteiger partial charge in [-0.25, -0.2) is 0 Å². The lowest BCUT2D eigenvalue weighted by atomic mass is 10.1. The van der Waals surface area contributed by atoms with Crippen molar-refractivity contribution in [2.45, 2.75) is 88.4 Å². The molecular formula is C56H79N17O12. The molecule has 29 nitrogen and oxygen atoms in total. The number of ether oxygens (including phenoxy) is 4. The lowest BCUT2D eigenvalue weighted by molar-refractivity contribution is -0.118. The Kier molecular flexibility index (Phi) is 27.6. The van der Waals surface area contributed by atoms with E-state index in [0.29, 0.717) is 45.2 Å². The highest BCUT2D eigenvalue weighted by Gasteiger charge is 2.29. The summed E-state index contributed by atoms with van der Waals surface area (Å²) >= 11 is 0. The zero-order chi connectivity index (χ0) is 62.6. The van der Waals surface area contributed by atoms with E-state index >= 15 is 0 Å². The van der Waals surface area contributed by atoms with E-state index in [9.17, 15) is 38.4 Å². The van der Waals surface area contributed by atoms with Crippen molar-refractivity contribution in [1.82, 2.24) is 16.0 Å². The minimum atomic E-state index is -1.29. The Labute approximate surface area is 491 Å². The summed E-state index contributed by atoms with van der Waals surface area (Å²) < 4.78 is 21.7. The summed E-state index contributed by atoms with van der Waals surface area (Å²) in [5.74, 6) is -5.58. The standard InChI is InChI=1S/C56H79N17O12/c1-82-43-19-15-31(27-35(43)47(60)74)68-52(79)40(12-6-8-24-58)71-48(75)37-29-33(17-21-45(37)84-3)69-54(81)42(14-10-26-66-56(63)64)73-50(77)38-30-34(18-22-46(38)85-4)70-53(80)41(13-9-25-65-55(61)62)72-49(76)36-28-32(16-20-44(36)83-2)67-51(78)39(59)11-5-7-23-57/h15-22,27-30,39-42H,5-14,23-26,57-59H2,1-4H3,(H2,60,74)(H,67,78)(H,68,79)(H,69,81)(H,70,80)(H,71,75)(H,72,76)(H,73,77)(H4,61,62,65)(H4,63,64,66)/t39-,40-,41-,42-/m1/s1. The van der Waals surface area contributed by atoms with Gasteiger partial charge in [0.05, 0.1) is 56.7 Å².